The lowest BCUT2D eigenvalue weighted by atomic mass is 10.3. The van der Waals surface area contributed by atoms with Gasteiger partial charge in [0.25, 0.3) is 0 Å². The Morgan fingerprint density at radius 3 is 2.41 bits per heavy atom. The Balaban J connectivity index is 2.97. The van der Waals surface area contributed by atoms with Crippen molar-refractivity contribution in [2.24, 2.45) is 11.6 Å². The van der Waals surface area contributed by atoms with Crippen LogP contribution in [0.2, 0.25) is 0 Å². The maximum Gasteiger partial charge on any atom is 0.357 e. The third-order valence-corrected chi connectivity index (χ3v) is 1.83. The Morgan fingerprint density at radius 1 is 1.29 bits per heavy atom. The normalized spacial score (nSPS) is 11.7. The van der Waals surface area contributed by atoms with Crippen molar-refractivity contribution in [1.29, 1.82) is 0 Å². The van der Waals surface area contributed by atoms with Crippen LogP contribution in [0.3, 0.4) is 0 Å². The quantitative estimate of drug-likeness (QED) is 0.290. The van der Waals surface area contributed by atoms with E-state index in [1.54, 1.807) is 0 Å². The van der Waals surface area contributed by atoms with Crippen molar-refractivity contribution in [2.45, 2.75) is 0 Å². The van der Waals surface area contributed by atoms with Gasteiger partial charge in [0.05, 0.1) is 0 Å². The first-order valence-electron chi connectivity index (χ1n) is 4.37. The zero-order chi connectivity index (χ0) is 13.0. The Morgan fingerprint density at radius 2 is 1.94 bits per heavy atom. The van der Waals surface area contributed by atoms with Crippen LogP contribution >= 0.6 is 0 Å². The smallest absolute Gasteiger partial charge is 0.357 e. The first-order valence-corrected chi connectivity index (χ1v) is 4.37. The third kappa shape index (κ3) is 3.05. The predicted molar refractivity (Wildman–Crippen MR) is 56.2 cm³/mol. The number of carboxylic acids is 1. The Kier molecular flexibility index (Phi) is 3.83. The lowest BCUT2D eigenvalue weighted by Crippen LogP contribution is -2.32. The molecule has 92 valence electrons. The van der Waals surface area contributed by atoms with E-state index in [0.29, 0.717) is 0 Å². The summed E-state index contributed by atoms with van der Waals surface area (Å²) < 4.78 is 25.5. The van der Waals surface area contributed by atoms with E-state index < -0.39 is 23.3 Å². The molecule has 0 saturated carbocycles. The number of halogens is 2. The molecule has 8 heteroatoms. The second-order valence-electron chi connectivity index (χ2n) is 2.99. The molecule has 0 heterocycles. The van der Waals surface area contributed by atoms with Gasteiger partial charge in [0.1, 0.15) is 5.82 Å². The Hall–Kier alpha value is -2.35. The minimum absolute atomic E-state index is 0.0930. The number of hydrazine groups is 1. The number of rotatable bonds is 4. The highest BCUT2D eigenvalue weighted by molar-refractivity contribution is 5.87. The van der Waals surface area contributed by atoms with Crippen LogP contribution in [-0.2, 0) is 4.79 Å². The zero-order valence-corrected chi connectivity index (χ0v) is 8.50. The van der Waals surface area contributed by atoms with Crippen LogP contribution in [-0.4, -0.2) is 11.1 Å². The lowest BCUT2D eigenvalue weighted by Gasteiger charge is -2.10. The van der Waals surface area contributed by atoms with E-state index in [-0.39, 0.29) is 11.5 Å². The fourth-order valence-corrected chi connectivity index (χ4v) is 1.05. The number of anilines is 1. The van der Waals surface area contributed by atoms with Gasteiger partial charge in [0.15, 0.2) is 17.3 Å². The molecular formula is C9H10F2N4O2. The summed E-state index contributed by atoms with van der Waals surface area (Å²) in [6.45, 7) is 0. The average Bonchev–Trinajstić information content (AvgIpc) is 2.24. The maximum absolute atomic E-state index is 12.8. The first kappa shape index (κ1) is 12.7. The van der Waals surface area contributed by atoms with Gasteiger partial charge in [-0.3, -0.25) is 5.84 Å². The molecular weight excluding hydrogens is 234 g/mol. The zero-order valence-electron chi connectivity index (χ0n) is 8.50. The molecule has 0 aliphatic heterocycles. The summed E-state index contributed by atoms with van der Waals surface area (Å²) in [7, 11) is 0. The Bertz CT molecular complexity index is 476. The number of aliphatic carboxylic acids is 1. The molecule has 0 radical (unpaired) electrons. The van der Waals surface area contributed by atoms with Gasteiger partial charge in [-0.15, -0.1) is 0 Å². The first-order chi connectivity index (χ1) is 7.95. The standard InChI is InChI=1S/C9H10F2N4O2/c10-5-2-1-4(3-6(5)11)14-8(12)7(15-13)9(16)17/h1-3,14-15H,12-13H2,(H,16,17)/b8-7+. The van der Waals surface area contributed by atoms with Crippen molar-refractivity contribution in [2.75, 3.05) is 5.32 Å². The second kappa shape index (κ2) is 5.12. The van der Waals surface area contributed by atoms with Gasteiger partial charge < -0.3 is 21.6 Å². The molecule has 1 aromatic rings. The molecule has 17 heavy (non-hydrogen) atoms. The predicted octanol–water partition coefficient (Wildman–Crippen LogP) is 0.0524. The minimum Gasteiger partial charge on any atom is -0.476 e. The number of hydrogen-bond acceptors (Lipinski definition) is 5. The van der Waals surface area contributed by atoms with E-state index in [2.05, 4.69) is 5.32 Å². The number of nitrogens with one attached hydrogen (secondary N) is 2. The molecule has 0 bridgehead atoms. The van der Waals surface area contributed by atoms with Gasteiger partial charge in [-0.05, 0) is 12.1 Å². The van der Waals surface area contributed by atoms with Crippen LogP contribution in [0.1, 0.15) is 0 Å². The van der Waals surface area contributed by atoms with Gasteiger partial charge in [0.2, 0.25) is 0 Å². The van der Waals surface area contributed by atoms with E-state index in [0.717, 1.165) is 12.1 Å². The minimum atomic E-state index is -1.39. The van der Waals surface area contributed by atoms with Gasteiger partial charge >= 0.3 is 5.97 Å². The number of carboxylic acid groups (broad SMARTS) is 1. The Labute approximate surface area is 94.9 Å². The van der Waals surface area contributed by atoms with Gasteiger partial charge in [-0.1, -0.05) is 0 Å². The number of benzene rings is 1. The van der Waals surface area contributed by atoms with Crippen LogP contribution < -0.4 is 22.3 Å². The van der Waals surface area contributed by atoms with Gasteiger partial charge in [-0.2, -0.15) is 0 Å². The summed E-state index contributed by atoms with van der Waals surface area (Å²) in [5.41, 5.74) is 6.85. The molecule has 6 nitrogen and oxygen atoms in total. The van der Waals surface area contributed by atoms with E-state index in [4.69, 9.17) is 16.7 Å². The molecule has 1 rings (SSSR count). The lowest BCUT2D eigenvalue weighted by molar-refractivity contribution is -0.133. The van der Waals surface area contributed by atoms with Crippen LogP contribution in [0, 0.1) is 11.6 Å². The fourth-order valence-electron chi connectivity index (χ4n) is 1.05. The number of nitrogens with two attached hydrogens (primary N) is 2. The highest BCUT2D eigenvalue weighted by Gasteiger charge is 2.11. The van der Waals surface area contributed by atoms with E-state index in [1.165, 1.54) is 6.07 Å². The molecule has 0 saturated heterocycles. The summed E-state index contributed by atoms with van der Waals surface area (Å²) in [4.78, 5) is 10.6. The summed E-state index contributed by atoms with van der Waals surface area (Å²) in [5, 5.41) is 11.0. The van der Waals surface area contributed by atoms with Crippen molar-refractivity contribution in [3.05, 3.63) is 41.4 Å². The summed E-state index contributed by atoms with van der Waals surface area (Å²) >= 11 is 0. The molecule has 0 fully saturated rings. The van der Waals surface area contributed by atoms with E-state index in [9.17, 15) is 13.6 Å². The van der Waals surface area contributed by atoms with Crippen molar-refractivity contribution < 1.29 is 18.7 Å². The summed E-state index contributed by atoms with van der Waals surface area (Å²) in [5.74, 6) is 1.12. The number of hydrogen-bond donors (Lipinski definition) is 5. The van der Waals surface area contributed by atoms with Crippen LogP contribution in [0.15, 0.2) is 29.7 Å². The maximum atomic E-state index is 12.8. The third-order valence-electron chi connectivity index (χ3n) is 1.83. The summed E-state index contributed by atoms with van der Waals surface area (Å²) in [6, 6.07) is 2.90. The monoisotopic (exact) mass is 244 g/mol. The van der Waals surface area contributed by atoms with Gasteiger partial charge in [-0.25, -0.2) is 13.6 Å². The topological polar surface area (TPSA) is 113 Å². The second-order valence-corrected chi connectivity index (χ2v) is 2.99. The van der Waals surface area contributed by atoms with Crippen molar-refractivity contribution in [3.63, 3.8) is 0 Å². The number of carbonyl (C=O) groups is 1. The average molecular weight is 244 g/mol. The van der Waals surface area contributed by atoms with Crippen LogP contribution in [0.25, 0.3) is 0 Å². The highest BCUT2D eigenvalue weighted by atomic mass is 19.2. The SMILES string of the molecule is NN/C(C(=O)O)=C(\N)Nc1ccc(F)c(F)c1. The van der Waals surface area contributed by atoms with Crippen molar-refractivity contribution in [3.8, 4) is 0 Å². The van der Waals surface area contributed by atoms with Crippen LogP contribution in [0.4, 0.5) is 14.5 Å². The van der Waals surface area contributed by atoms with Gasteiger partial charge in [0, 0.05) is 11.8 Å². The summed E-state index contributed by atoms with van der Waals surface area (Å²) in [6.07, 6.45) is 0. The molecule has 7 N–H and O–H groups in total. The molecule has 0 spiro atoms. The molecule has 1 aromatic carbocycles. The van der Waals surface area contributed by atoms with E-state index in [1.807, 2.05) is 5.43 Å². The largest absolute Gasteiger partial charge is 0.476 e. The van der Waals surface area contributed by atoms with Crippen molar-refractivity contribution in [1.82, 2.24) is 5.43 Å². The molecule has 0 unspecified atom stereocenters. The molecule has 0 amide bonds. The highest BCUT2D eigenvalue weighted by Crippen LogP contribution is 2.14. The molecule has 0 aliphatic carbocycles. The molecule has 0 aromatic heterocycles. The van der Waals surface area contributed by atoms with E-state index >= 15 is 0 Å². The van der Waals surface area contributed by atoms with Crippen molar-refractivity contribution >= 4 is 11.7 Å². The molecule has 0 aliphatic rings. The molecule has 0 atom stereocenters. The van der Waals surface area contributed by atoms with Crippen LogP contribution in [0.5, 0.6) is 0 Å². The fraction of sp³-hybridized carbons (Fsp3) is 0.